The summed E-state index contributed by atoms with van der Waals surface area (Å²) in [5, 5.41) is 7.39. The van der Waals surface area contributed by atoms with Crippen molar-refractivity contribution >= 4 is 28.2 Å². The van der Waals surface area contributed by atoms with Gasteiger partial charge in [-0.2, -0.15) is 0 Å². The molecule has 2 aromatic carbocycles. The maximum Gasteiger partial charge on any atom is 0.227 e. The number of halogens is 1. The maximum absolute atomic E-state index is 13.5. The summed E-state index contributed by atoms with van der Waals surface area (Å²) >= 11 is 0. The lowest BCUT2D eigenvalue weighted by molar-refractivity contribution is 0.121. The molecule has 8 heteroatoms. The van der Waals surface area contributed by atoms with Crippen LogP contribution < -0.4 is 20.3 Å². The number of anilines is 3. The molecule has 0 radical (unpaired) electrons. The quantitative estimate of drug-likeness (QED) is 0.651. The minimum atomic E-state index is -0.307. The van der Waals surface area contributed by atoms with Crippen LogP contribution in [-0.4, -0.2) is 55.5 Å². The predicted octanol–water partition coefficient (Wildman–Crippen LogP) is 3.48. The van der Waals surface area contributed by atoms with E-state index in [-0.39, 0.29) is 11.9 Å². The largest absolute Gasteiger partial charge is 0.488 e. The molecule has 2 aliphatic rings. The summed E-state index contributed by atoms with van der Waals surface area (Å²) < 4.78 is 25.5. The van der Waals surface area contributed by atoms with Crippen molar-refractivity contribution in [3.05, 3.63) is 48.4 Å². The fourth-order valence-electron chi connectivity index (χ4n) is 4.04. The average Bonchev–Trinajstić information content (AvgIpc) is 2.80. The van der Waals surface area contributed by atoms with E-state index in [1.54, 1.807) is 18.3 Å². The van der Waals surface area contributed by atoms with Gasteiger partial charge in [0.1, 0.15) is 17.7 Å². The van der Waals surface area contributed by atoms with Crippen molar-refractivity contribution in [3.63, 3.8) is 0 Å². The Kier molecular flexibility index (Phi) is 5.82. The summed E-state index contributed by atoms with van der Waals surface area (Å²) in [7, 11) is 0. The molecule has 2 fully saturated rings. The highest BCUT2D eigenvalue weighted by atomic mass is 19.1. The van der Waals surface area contributed by atoms with Crippen LogP contribution in [-0.2, 0) is 4.74 Å². The first-order valence-corrected chi connectivity index (χ1v) is 10.8. The number of aromatic nitrogens is 2. The standard InChI is InChI=1S/C23H26FN5O2/c24-17-2-1-3-18(13-17)27-23-26-15-16-12-21(29-8-10-30-11-9-29)22(14-20(16)28-23)31-19-4-6-25-7-5-19/h1-3,12-15,19,25H,4-11H2,(H,26,27,28). The maximum atomic E-state index is 13.5. The van der Waals surface area contributed by atoms with Crippen molar-refractivity contribution in [3.8, 4) is 5.75 Å². The van der Waals surface area contributed by atoms with E-state index in [1.807, 2.05) is 6.07 Å². The number of piperidine rings is 1. The first-order valence-electron chi connectivity index (χ1n) is 10.8. The summed E-state index contributed by atoms with van der Waals surface area (Å²) in [6, 6.07) is 10.4. The number of hydrogen-bond donors (Lipinski definition) is 2. The molecule has 2 saturated heterocycles. The highest BCUT2D eigenvalue weighted by Gasteiger charge is 2.21. The molecule has 5 rings (SSSR count). The molecular formula is C23H26FN5O2. The fraction of sp³-hybridized carbons (Fsp3) is 0.391. The van der Waals surface area contributed by atoms with Crippen LogP contribution in [0.2, 0.25) is 0 Å². The molecular weight excluding hydrogens is 397 g/mol. The number of nitrogens with zero attached hydrogens (tertiary/aromatic N) is 3. The van der Waals surface area contributed by atoms with Gasteiger partial charge < -0.3 is 25.0 Å². The molecule has 3 aromatic rings. The number of benzene rings is 2. The highest BCUT2D eigenvalue weighted by Crippen LogP contribution is 2.35. The molecule has 2 aliphatic heterocycles. The Morgan fingerprint density at radius 2 is 1.97 bits per heavy atom. The first kappa shape index (κ1) is 20.0. The van der Waals surface area contributed by atoms with Gasteiger partial charge in [0.05, 0.1) is 24.4 Å². The lowest BCUT2D eigenvalue weighted by Crippen LogP contribution is -2.37. The molecule has 1 aromatic heterocycles. The van der Waals surface area contributed by atoms with E-state index in [0.29, 0.717) is 24.8 Å². The Labute approximate surface area is 180 Å². The van der Waals surface area contributed by atoms with Crippen molar-refractivity contribution in [1.29, 1.82) is 0 Å². The zero-order valence-corrected chi connectivity index (χ0v) is 17.3. The van der Waals surface area contributed by atoms with Gasteiger partial charge in [-0.15, -0.1) is 0 Å². The van der Waals surface area contributed by atoms with E-state index >= 15 is 0 Å². The lowest BCUT2D eigenvalue weighted by Gasteiger charge is -2.32. The van der Waals surface area contributed by atoms with Crippen molar-refractivity contribution in [2.75, 3.05) is 49.6 Å². The second-order valence-corrected chi connectivity index (χ2v) is 7.87. The van der Waals surface area contributed by atoms with E-state index < -0.39 is 0 Å². The minimum absolute atomic E-state index is 0.185. The van der Waals surface area contributed by atoms with Crippen molar-refractivity contribution in [2.45, 2.75) is 18.9 Å². The van der Waals surface area contributed by atoms with E-state index in [0.717, 1.165) is 61.4 Å². The zero-order chi connectivity index (χ0) is 21.0. The highest BCUT2D eigenvalue weighted by molar-refractivity contribution is 5.86. The van der Waals surface area contributed by atoms with Gasteiger partial charge in [0.25, 0.3) is 0 Å². The molecule has 3 heterocycles. The van der Waals surface area contributed by atoms with Gasteiger partial charge in [-0.25, -0.2) is 14.4 Å². The summed E-state index contributed by atoms with van der Waals surface area (Å²) in [5.74, 6) is 0.959. The fourth-order valence-corrected chi connectivity index (χ4v) is 4.04. The van der Waals surface area contributed by atoms with Gasteiger partial charge in [0.2, 0.25) is 5.95 Å². The van der Waals surface area contributed by atoms with Crippen molar-refractivity contribution in [2.24, 2.45) is 0 Å². The Bertz CT molecular complexity index is 1050. The Morgan fingerprint density at radius 3 is 2.77 bits per heavy atom. The molecule has 0 spiro atoms. The smallest absolute Gasteiger partial charge is 0.227 e. The number of hydrogen-bond acceptors (Lipinski definition) is 7. The topological polar surface area (TPSA) is 71.5 Å². The van der Waals surface area contributed by atoms with Crippen LogP contribution in [0.3, 0.4) is 0 Å². The summed E-state index contributed by atoms with van der Waals surface area (Å²) in [6.07, 6.45) is 3.95. The molecule has 0 saturated carbocycles. The van der Waals surface area contributed by atoms with Crippen LogP contribution >= 0.6 is 0 Å². The normalized spacial score (nSPS) is 17.6. The molecule has 31 heavy (non-hydrogen) atoms. The predicted molar refractivity (Wildman–Crippen MR) is 119 cm³/mol. The van der Waals surface area contributed by atoms with E-state index in [1.165, 1.54) is 12.1 Å². The number of morpholine rings is 1. The summed E-state index contributed by atoms with van der Waals surface area (Å²) in [4.78, 5) is 11.4. The monoisotopic (exact) mass is 423 g/mol. The van der Waals surface area contributed by atoms with Crippen LogP contribution in [0.15, 0.2) is 42.6 Å². The molecule has 2 N–H and O–H groups in total. The van der Waals surface area contributed by atoms with Gasteiger partial charge in [0.15, 0.2) is 0 Å². The van der Waals surface area contributed by atoms with E-state index in [2.05, 4.69) is 31.6 Å². The van der Waals surface area contributed by atoms with Gasteiger partial charge in [-0.3, -0.25) is 0 Å². The van der Waals surface area contributed by atoms with E-state index in [4.69, 9.17) is 9.47 Å². The average molecular weight is 423 g/mol. The number of ether oxygens (including phenoxy) is 2. The van der Waals surface area contributed by atoms with Gasteiger partial charge in [0, 0.05) is 36.4 Å². The first-order chi connectivity index (χ1) is 15.2. The van der Waals surface area contributed by atoms with Crippen LogP contribution in [0.4, 0.5) is 21.7 Å². The van der Waals surface area contributed by atoms with Gasteiger partial charge in [-0.1, -0.05) is 6.07 Å². The van der Waals surface area contributed by atoms with E-state index in [9.17, 15) is 4.39 Å². The van der Waals surface area contributed by atoms with Crippen LogP contribution in [0.25, 0.3) is 10.9 Å². The molecule has 0 atom stereocenters. The number of rotatable bonds is 5. The molecule has 7 nitrogen and oxygen atoms in total. The molecule has 0 bridgehead atoms. The third-order valence-corrected chi connectivity index (χ3v) is 5.67. The Morgan fingerprint density at radius 1 is 1.13 bits per heavy atom. The SMILES string of the molecule is Fc1cccc(Nc2ncc3cc(N4CCOCC4)c(OC4CCNCC4)cc3n2)c1. The molecule has 162 valence electrons. The van der Waals surface area contributed by atoms with Crippen LogP contribution in [0, 0.1) is 5.82 Å². The third kappa shape index (κ3) is 4.70. The van der Waals surface area contributed by atoms with Gasteiger partial charge >= 0.3 is 0 Å². The van der Waals surface area contributed by atoms with Crippen LogP contribution in [0.1, 0.15) is 12.8 Å². The zero-order valence-electron chi connectivity index (χ0n) is 17.3. The summed E-state index contributed by atoms with van der Waals surface area (Å²) in [6.45, 7) is 5.00. The van der Waals surface area contributed by atoms with Crippen LogP contribution in [0.5, 0.6) is 5.75 Å². The van der Waals surface area contributed by atoms with Crippen molar-refractivity contribution < 1.29 is 13.9 Å². The third-order valence-electron chi connectivity index (χ3n) is 5.67. The Hall–Kier alpha value is -2.97. The molecule has 0 aliphatic carbocycles. The summed E-state index contributed by atoms with van der Waals surface area (Å²) in [5.41, 5.74) is 2.45. The second-order valence-electron chi connectivity index (χ2n) is 7.87. The molecule has 0 unspecified atom stereocenters. The second kappa shape index (κ2) is 9.03. The number of nitrogens with one attached hydrogen (secondary N) is 2. The molecule has 0 amide bonds. The van der Waals surface area contributed by atoms with Gasteiger partial charge in [-0.05, 0) is 50.2 Å². The lowest BCUT2D eigenvalue weighted by atomic mass is 10.1. The Balaban J connectivity index is 1.48. The number of fused-ring (bicyclic) bond motifs is 1. The minimum Gasteiger partial charge on any atom is -0.488 e. The van der Waals surface area contributed by atoms with Crippen molar-refractivity contribution in [1.82, 2.24) is 15.3 Å².